The molecule has 0 spiro atoms. The minimum absolute atomic E-state index is 0.0930. The maximum absolute atomic E-state index is 11.9. The second-order valence-electron chi connectivity index (χ2n) is 4.43. The number of Topliss-reactive ketones (excluding diaryl/α,β-unsaturated/α-hetero) is 1. The van der Waals surface area contributed by atoms with Crippen LogP contribution in [-0.4, -0.2) is 26.2 Å². The zero-order chi connectivity index (χ0) is 12.3. The first kappa shape index (κ1) is 14.8. The quantitative estimate of drug-likeness (QED) is 0.665. The smallest absolute Gasteiger partial charge is 0.312 e. The Bertz CT molecular complexity index is 263. The van der Waals surface area contributed by atoms with E-state index >= 15 is 0 Å². The van der Waals surface area contributed by atoms with Crippen LogP contribution in [-0.2, 0) is 18.4 Å². The minimum Gasteiger partial charge on any atom is -0.312 e. The van der Waals surface area contributed by atoms with Crippen LogP contribution in [0.2, 0.25) is 0 Å². The molecule has 0 saturated heterocycles. The summed E-state index contributed by atoms with van der Waals surface area (Å²) in [6.45, 7) is 7.61. The summed E-state index contributed by atoms with van der Waals surface area (Å²) in [6.07, 6.45) is -0.162. The van der Waals surface area contributed by atoms with Gasteiger partial charge < -0.3 is 9.05 Å². The third-order valence-electron chi connectivity index (χ3n) is 3.06. The van der Waals surface area contributed by atoms with Crippen molar-refractivity contribution in [2.24, 2.45) is 11.3 Å². The van der Waals surface area contributed by atoms with Gasteiger partial charge in [-0.25, -0.2) is 0 Å². The van der Waals surface area contributed by atoms with Gasteiger partial charge in [0.1, 0.15) is 6.16 Å². The van der Waals surface area contributed by atoms with Gasteiger partial charge in [0.2, 0.25) is 0 Å². The standard InChI is InChI=1S/C10H21O4P/c1-8(2)10(3,4)9(11)7-15(12,13-5)14-6/h8H,7H2,1-6H3. The molecule has 0 aliphatic heterocycles. The van der Waals surface area contributed by atoms with E-state index < -0.39 is 13.0 Å². The molecule has 4 nitrogen and oxygen atoms in total. The van der Waals surface area contributed by atoms with Crippen molar-refractivity contribution in [3.8, 4) is 0 Å². The van der Waals surface area contributed by atoms with Crippen LogP contribution >= 0.6 is 7.60 Å². The highest BCUT2D eigenvalue weighted by atomic mass is 31.2. The van der Waals surface area contributed by atoms with Gasteiger partial charge in [0, 0.05) is 19.6 Å². The molecule has 0 amide bonds. The van der Waals surface area contributed by atoms with Crippen molar-refractivity contribution in [3.05, 3.63) is 0 Å². The van der Waals surface area contributed by atoms with Crippen molar-refractivity contribution in [1.82, 2.24) is 0 Å². The second kappa shape index (κ2) is 5.24. The molecule has 0 rings (SSSR count). The van der Waals surface area contributed by atoms with Crippen LogP contribution in [0.25, 0.3) is 0 Å². The highest BCUT2D eigenvalue weighted by Gasteiger charge is 2.36. The lowest BCUT2D eigenvalue weighted by molar-refractivity contribution is -0.126. The van der Waals surface area contributed by atoms with E-state index in [2.05, 4.69) is 0 Å². The topological polar surface area (TPSA) is 52.6 Å². The third-order valence-corrected chi connectivity index (χ3v) is 4.84. The first-order chi connectivity index (χ1) is 6.69. The van der Waals surface area contributed by atoms with Gasteiger partial charge in [-0.1, -0.05) is 27.7 Å². The number of carbonyl (C=O) groups is 1. The average molecular weight is 236 g/mol. The van der Waals surface area contributed by atoms with Crippen molar-refractivity contribution in [2.45, 2.75) is 27.7 Å². The van der Waals surface area contributed by atoms with E-state index in [1.807, 2.05) is 27.7 Å². The van der Waals surface area contributed by atoms with E-state index in [0.29, 0.717) is 0 Å². The lowest BCUT2D eigenvalue weighted by atomic mass is 9.78. The summed E-state index contributed by atoms with van der Waals surface area (Å²) < 4.78 is 21.3. The summed E-state index contributed by atoms with van der Waals surface area (Å²) >= 11 is 0. The predicted molar refractivity (Wildman–Crippen MR) is 60.1 cm³/mol. The number of hydrogen-bond donors (Lipinski definition) is 0. The summed E-state index contributed by atoms with van der Waals surface area (Å²) in [5.74, 6) is 0.0942. The van der Waals surface area contributed by atoms with Crippen molar-refractivity contribution in [3.63, 3.8) is 0 Å². The molecule has 90 valence electrons. The lowest BCUT2D eigenvalue weighted by Crippen LogP contribution is -2.32. The molecule has 0 fully saturated rings. The molecule has 0 heterocycles. The predicted octanol–water partition coefficient (Wildman–Crippen LogP) is 2.72. The first-order valence-corrected chi connectivity index (χ1v) is 6.66. The molecule has 0 bridgehead atoms. The summed E-state index contributed by atoms with van der Waals surface area (Å²) in [7, 11) is -0.640. The first-order valence-electron chi connectivity index (χ1n) is 4.93. The fourth-order valence-corrected chi connectivity index (χ4v) is 2.07. The largest absolute Gasteiger partial charge is 0.337 e. The van der Waals surface area contributed by atoms with Gasteiger partial charge in [-0.3, -0.25) is 9.36 Å². The van der Waals surface area contributed by atoms with Crippen molar-refractivity contribution in [2.75, 3.05) is 20.4 Å². The lowest BCUT2D eigenvalue weighted by Gasteiger charge is -2.28. The van der Waals surface area contributed by atoms with Gasteiger partial charge in [-0.05, 0) is 5.92 Å². The van der Waals surface area contributed by atoms with Crippen LogP contribution in [0.15, 0.2) is 0 Å². The fraction of sp³-hybridized carbons (Fsp3) is 0.900. The molecule has 0 radical (unpaired) electrons. The molecule has 0 unspecified atom stereocenters. The van der Waals surface area contributed by atoms with E-state index in [4.69, 9.17) is 9.05 Å². The molecular formula is C10H21O4P. The summed E-state index contributed by atoms with van der Waals surface area (Å²) in [4.78, 5) is 11.9. The van der Waals surface area contributed by atoms with Gasteiger partial charge in [-0.2, -0.15) is 0 Å². The molecule has 0 aliphatic rings. The highest BCUT2D eigenvalue weighted by Crippen LogP contribution is 2.48. The molecule has 0 N–H and O–H groups in total. The number of carbonyl (C=O) groups excluding carboxylic acids is 1. The number of hydrogen-bond acceptors (Lipinski definition) is 4. The van der Waals surface area contributed by atoms with Gasteiger partial charge in [0.15, 0.2) is 5.78 Å². The van der Waals surface area contributed by atoms with Crippen LogP contribution < -0.4 is 0 Å². The van der Waals surface area contributed by atoms with E-state index in [1.165, 1.54) is 14.2 Å². The van der Waals surface area contributed by atoms with Crippen LogP contribution in [0.1, 0.15) is 27.7 Å². The van der Waals surface area contributed by atoms with Crippen LogP contribution in [0, 0.1) is 11.3 Å². The molecule has 0 aromatic rings. The Kier molecular flexibility index (Phi) is 5.18. The van der Waals surface area contributed by atoms with E-state index in [1.54, 1.807) is 0 Å². The fourth-order valence-electron chi connectivity index (χ4n) is 0.905. The summed E-state index contributed by atoms with van der Waals surface area (Å²) in [6, 6.07) is 0. The molecule has 0 aromatic heterocycles. The third kappa shape index (κ3) is 3.71. The molecule has 0 aliphatic carbocycles. The van der Waals surface area contributed by atoms with E-state index in [-0.39, 0.29) is 17.9 Å². The molecule has 0 atom stereocenters. The Morgan fingerprint density at radius 3 is 1.93 bits per heavy atom. The van der Waals surface area contributed by atoms with Gasteiger partial charge in [0.25, 0.3) is 0 Å². The maximum atomic E-state index is 11.9. The second-order valence-corrected chi connectivity index (χ2v) is 6.70. The summed E-state index contributed by atoms with van der Waals surface area (Å²) in [5, 5.41) is 0. The number of rotatable bonds is 6. The zero-order valence-corrected chi connectivity index (χ0v) is 11.3. The van der Waals surface area contributed by atoms with Crippen LogP contribution in [0.5, 0.6) is 0 Å². The molecule has 5 heteroatoms. The Morgan fingerprint density at radius 2 is 1.67 bits per heavy atom. The van der Waals surface area contributed by atoms with Crippen molar-refractivity contribution in [1.29, 1.82) is 0 Å². The Balaban J connectivity index is 4.70. The van der Waals surface area contributed by atoms with Crippen LogP contribution in [0.4, 0.5) is 0 Å². The van der Waals surface area contributed by atoms with Crippen LogP contribution in [0.3, 0.4) is 0 Å². The SMILES string of the molecule is COP(=O)(CC(=O)C(C)(C)C(C)C)OC. The molecule has 0 saturated carbocycles. The van der Waals surface area contributed by atoms with E-state index in [0.717, 1.165) is 0 Å². The highest BCUT2D eigenvalue weighted by molar-refractivity contribution is 7.54. The maximum Gasteiger partial charge on any atom is 0.337 e. The Labute approximate surface area is 91.9 Å². The molecule has 15 heavy (non-hydrogen) atoms. The van der Waals surface area contributed by atoms with Crippen molar-refractivity contribution < 1.29 is 18.4 Å². The van der Waals surface area contributed by atoms with E-state index in [9.17, 15) is 9.36 Å². The molecule has 0 aromatic carbocycles. The van der Waals surface area contributed by atoms with Gasteiger partial charge in [-0.15, -0.1) is 0 Å². The van der Waals surface area contributed by atoms with Gasteiger partial charge in [0.05, 0.1) is 0 Å². The summed E-state index contributed by atoms with van der Waals surface area (Å²) in [5.41, 5.74) is -0.507. The zero-order valence-electron chi connectivity index (χ0n) is 10.4. The Hall–Kier alpha value is -0.180. The molecular weight excluding hydrogens is 215 g/mol. The Morgan fingerprint density at radius 1 is 1.27 bits per heavy atom. The monoisotopic (exact) mass is 236 g/mol. The van der Waals surface area contributed by atoms with Crippen molar-refractivity contribution >= 4 is 13.4 Å². The number of ketones is 1. The normalized spacial score (nSPS) is 13.3. The minimum atomic E-state index is -3.22. The average Bonchev–Trinajstić information content (AvgIpc) is 2.17. The van der Waals surface area contributed by atoms with Gasteiger partial charge >= 0.3 is 7.60 Å².